The Balaban J connectivity index is 1.64. The molecule has 0 saturated carbocycles. The molecule has 0 aliphatic carbocycles. The predicted molar refractivity (Wildman–Crippen MR) is 118 cm³/mol. The minimum Gasteiger partial charge on any atom is -0.503 e. The summed E-state index contributed by atoms with van der Waals surface area (Å²) in [5.41, 5.74) is 1.23. The smallest absolute Gasteiger partial charge is 0.296 e. The zero-order chi connectivity index (χ0) is 22.2. The first-order valence-corrected chi connectivity index (χ1v) is 10.7. The number of pyridine rings is 1. The Bertz CT molecular complexity index is 1340. The van der Waals surface area contributed by atoms with Crippen molar-refractivity contribution in [3.63, 3.8) is 0 Å². The van der Waals surface area contributed by atoms with Crippen LogP contribution in [-0.2, 0) is 4.79 Å². The Morgan fingerprint density at radius 3 is 2.78 bits per heavy atom. The third kappa shape index (κ3) is 3.23. The molecule has 4 heterocycles. The second kappa shape index (κ2) is 7.93. The molecule has 9 heteroatoms. The van der Waals surface area contributed by atoms with Gasteiger partial charge in [-0.15, -0.1) is 0 Å². The van der Waals surface area contributed by atoms with Gasteiger partial charge in [0.15, 0.2) is 16.7 Å². The van der Waals surface area contributed by atoms with E-state index in [4.69, 9.17) is 9.15 Å². The van der Waals surface area contributed by atoms with Crippen LogP contribution in [0.4, 0.5) is 5.13 Å². The standard InChI is InChI=1S/C23H17N3O5S/c1-2-30-14-5-6-15-17(12-14)32-23(25-15)26-19(13-7-9-24-10-8-13)18(21(28)22(26)29)20(27)16-4-3-11-31-16/h3-12,19,28H,2H2,1H3. The van der Waals surface area contributed by atoms with Gasteiger partial charge in [-0.25, -0.2) is 4.98 Å². The third-order valence-corrected chi connectivity index (χ3v) is 6.10. The number of aliphatic hydroxyl groups is 1. The van der Waals surface area contributed by atoms with Gasteiger partial charge in [0.25, 0.3) is 5.91 Å². The third-order valence-electron chi connectivity index (χ3n) is 5.09. The molecule has 1 aliphatic heterocycles. The summed E-state index contributed by atoms with van der Waals surface area (Å²) in [6.07, 6.45) is 4.49. The van der Waals surface area contributed by atoms with E-state index in [9.17, 15) is 14.7 Å². The molecule has 0 spiro atoms. The van der Waals surface area contributed by atoms with Crippen molar-refractivity contribution in [2.24, 2.45) is 0 Å². The van der Waals surface area contributed by atoms with E-state index < -0.39 is 23.5 Å². The highest BCUT2D eigenvalue weighted by atomic mass is 32.1. The fourth-order valence-corrected chi connectivity index (χ4v) is 4.71. The molecule has 5 rings (SSSR count). The van der Waals surface area contributed by atoms with Crippen LogP contribution in [0.2, 0.25) is 0 Å². The van der Waals surface area contributed by atoms with Crippen LogP contribution in [0.1, 0.15) is 29.1 Å². The Hall–Kier alpha value is -3.98. The Morgan fingerprint density at radius 2 is 2.06 bits per heavy atom. The summed E-state index contributed by atoms with van der Waals surface area (Å²) < 4.78 is 11.6. The monoisotopic (exact) mass is 447 g/mol. The van der Waals surface area contributed by atoms with Crippen LogP contribution in [0.15, 0.2) is 76.9 Å². The first-order valence-electron chi connectivity index (χ1n) is 9.86. The van der Waals surface area contributed by atoms with E-state index in [1.165, 1.54) is 28.6 Å². The minimum atomic E-state index is -0.880. The Kier molecular flexibility index (Phi) is 4.95. The van der Waals surface area contributed by atoms with Gasteiger partial charge in [0, 0.05) is 12.4 Å². The fraction of sp³-hybridized carbons (Fsp3) is 0.130. The van der Waals surface area contributed by atoms with E-state index in [0.717, 1.165) is 4.70 Å². The largest absolute Gasteiger partial charge is 0.503 e. The van der Waals surface area contributed by atoms with Gasteiger partial charge < -0.3 is 14.3 Å². The number of amides is 1. The van der Waals surface area contributed by atoms with Crippen molar-refractivity contribution in [3.05, 3.63) is 83.8 Å². The van der Waals surface area contributed by atoms with Crippen LogP contribution in [0.25, 0.3) is 10.2 Å². The number of benzene rings is 1. The zero-order valence-corrected chi connectivity index (χ0v) is 17.7. The van der Waals surface area contributed by atoms with Gasteiger partial charge in [-0.2, -0.15) is 0 Å². The average Bonchev–Trinajstić information content (AvgIpc) is 3.53. The summed E-state index contributed by atoms with van der Waals surface area (Å²) in [5, 5.41) is 11.1. The summed E-state index contributed by atoms with van der Waals surface area (Å²) in [5.74, 6) is -1.16. The molecule has 1 amide bonds. The summed E-state index contributed by atoms with van der Waals surface area (Å²) >= 11 is 1.28. The number of anilines is 1. The molecular weight excluding hydrogens is 430 g/mol. The maximum absolute atomic E-state index is 13.2. The lowest BCUT2D eigenvalue weighted by Gasteiger charge is -2.24. The number of fused-ring (bicyclic) bond motifs is 1. The highest BCUT2D eigenvalue weighted by Gasteiger charge is 2.46. The van der Waals surface area contributed by atoms with Crippen LogP contribution in [0.5, 0.6) is 5.75 Å². The van der Waals surface area contributed by atoms with Crippen LogP contribution in [0, 0.1) is 0 Å². The second-order valence-electron chi connectivity index (χ2n) is 6.99. The van der Waals surface area contributed by atoms with Gasteiger partial charge >= 0.3 is 0 Å². The lowest BCUT2D eigenvalue weighted by Crippen LogP contribution is -2.30. The molecule has 4 aromatic rings. The highest BCUT2D eigenvalue weighted by Crippen LogP contribution is 2.44. The Morgan fingerprint density at radius 1 is 1.25 bits per heavy atom. The minimum absolute atomic E-state index is 0.0333. The predicted octanol–water partition coefficient (Wildman–Crippen LogP) is 4.47. The van der Waals surface area contributed by atoms with Gasteiger partial charge in [0.2, 0.25) is 5.78 Å². The summed E-state index contributed by atoms with van der Waals surface area (Å²) in [7, 11) is 0. The van der Waals surface area contributed by atoms with Crippen molar-refractivity contribution in [1.82, 2.24) is 9.97 Å². The van der Waals surface area contributed by atoms with Crippen LogP contribution < -0.4 is 9.64 Å². The number of ether oxygens (including phenoxy) is 1. The van der Waals surface area contributed by atoms with Crippen molar-refractivity contribution in [2.45, 2.75) is 13.0 Å². The number of Topliss-reactive ketones (excluding diaryl/α,β-unsaturated/α-hetero) is 1. The molecule has 1 atom stereocenters. The van der Waals surface area contributed by atoms with E-state index in [1.807, 2.05) is 25.1 Å². The number of nitrogens with zero attached hydrogens (tertiary/aromatic N) is 3. The maximum atomic E-state index is 13.2. The SMILES string of the molecule is CCOc1ccc2nc(N3C(=O)C(O)=C(C(=O)c4ccco4)C3c3ccncc3)sc2c1. The van der Waals surface area contributed by atoms with Gasteiger partial charge in [0.1, 0.15) is 5.75 Å². The van der Waals surface area contributed by atoms with Crippen molar-refractivity contribution < 1.29 is 23.8 Å². The molecule has 32 heavy (non-hydrogen) atoms. The fourth-order valence-electron chi connectivity index (χ4n) is 3.69. The van der Waals surface area contributed by atoms with Crippen molar-refractivity contribution in [1.29, 1.82) is 0 Å². The summed E-state index contributed by atoms with van der Waals surface area (Å²) in [4.78, 5) is 36.3. The number of carbonyl (C=O) groups excluding carboxylic acids is 2. The van der Waals surface area contributed by atoms with Crippen LogP contribution >= 0.6 is 11.3 Å². The lowest BCUT2D eigenvalue weighted by atomic mass is 9.96. The number of rotatable bonds is 6. The van der Waals surface area contributed by atoms with Gasteiger partial charge in [-0.05, 0) is 55.0 Å². The van der Waals surface area contributed by atoms with Gasteiger partial charge in [-0.1, -0.05) is 11.3 Å². The first kappa shape index (κ1) is 20.0. The maximum Gasteiger partial charge on any atom is 0.296 e. The molecule has 0 bridgehead atoms. The molecule has 0 radical (unpaired) electrons. The molecule has 1 unspecified atom stereocenters. The van der Waals surface area contributed by atoms with E-state index >= 15 is 0 Å². The number of thiazole rings is 1. The van der Waals surface area contributed by atoms with E-state index in [1.54, 1.807) is 30.6 Å². The van der Waals surface area contributed by atoms with E-state index in [0.29, 0.717) is 28.6 Å². The quantitative estimate of drug-likeness (QED) is 0.435. The molecule has 0 saturated heterocycles. The summed E-state index contributed by atoms with van der Waals surface area (Å²) in [6.45, 7) is 2.43. The lowest BCUT2D eigenvalue weighted by molar-refractivity contribution is -0.117. The molecule has 160 valence electrons. The number of hydrogen-bond donors (Lipinski definition) is 1. The van der Waals surface area contributed by atoms with Gasteiger partial charge in [0.05, 0.1) is 34.7 Å². The zero-order valence-electron chi connectivity index (χ0n) is 16.9. The summed E-state index contributed by atoms with van der Waals surface area (Å²) in [6, 6.07) is 11.0. The number of hydrogen-bond acceptors (Lipinski definition) is 8. The second-order valence-corrected chi connectivity index (χ2v) is 8.00. The number of aliphatic hydroxyl groups excluding tert-OH is 1. The first-order chi connectivity index (χ1) is 15.6. The Labute approximate surface area is 186 Å². The number of aromatic nitrogens is 2. The van der Waals surface area contributed by atoms with Gasteiger partial charge in [-0.3, -0.25) is 19.5 Å². The van der Waals surface area contributed by atoms with Crippen LogP contribution in [0.3, 0.4) is 0 Å². The molecule has 0 fully saturated rings. The van der Waals surface area contributed by atoms with E-state index in [-0.39, 0.29) is 11.3 Å². The molecule has 1 aromatic carbocycles. The molecule has 1 N–H and O–H groups in total. The molecule has 8 nitrogen and oxygen atoms in total. The number of carbonyl (C=O) groups is 2. The van der Waals surface area contributed by atoms with Crippen molar-refractivity contribution >= 4 is 38.4 Å². The van der Waals surface area contributed by atoms with Crippen molar-refractivity contribution in [2.75, 3.05) is 11.5 Å². The van der Waals surface area contributed by atoms with Crippen molar-refractivity contribution in [3.8, 4) is 5.75 Å². The number of furan rings is 1. The van der Waals surface area contributed by atoms with Crippen LogP contribution in [-0.4, -0.2) is 33.4 Å². The van der Waals surface area contributed by atoms with E-state index in [2.05, 4.69) is 9.97 Å². The molecular formula is C23H17N3O5S. The topological polar surface area (TPSA) is 106 Å². The normalized spacial score (nSPS) is 16.2. The molecule has 3 aromatic heterocycles. The number of ketones is 1. The highest BCUT2D eigenvalue weighted by molar-refractivity contribution is 7.22. The molecule has 1 aliphatic rings. The average molecular weight is 447 g/mol.